The van der Waals surface area contributed by atoms with Gasteiger partial charge in [-0.15, -0.1) is 11.6 Å². The highest BCUT2D eigenvalue weighted by Gasteiger charge is 2.06. The molecule has 0 radical (unpaired) electrons. The van der Waals surface area contributed by atoms with E-state index in [4.69, 9.17) is 16.3 Å². The summed E-state index contributed by atoms with van der Waals surface area (Å²) in [5.74, 6) is 0.813. The van der Waals surface area contributed by atoms with Gasteiger partial charge in [0.25, 0.3) is 0 Å². The Kier molecular flexibility index (Phi) is 4.47. The number of benzene rings is 1. The molecule has 0 aliphatic heterocycles. The van der Waals surface area contributed by atoms with Crippen molar-refractivity contribution in [2.75, 3.05) is 7.11 Å². The van der Waals surface area contributed by atoms with Crippen molar-refractivity contribution in [3.63, 3.8) is 0 Å². The number of carbonyl (C=O) groups excluding carboxylic acids is 1. The monoisotopic (exact) mass is 212 g/mol. The summed E-state index contributed by atoms with van der Waals surface area (Å²) in [6.45, 7) is 0. The van der Waals surface area contributed by atoms with Crippen molar-refractivity contribution in [3.8, 4) is 5.75 Å². The Morgan fingerprint density at radius 2 is 2.07 bits per heavy atom. The van der Waals surface area contributed by atoms with E-state index in [2.05, 4.69) is 0 Å². The molecule has 1 unspecified atom stereocenters. The molecule has 0 amide bonds. The summed E-state index contributed by atoms with van der Waals surface area (Å²) in [5, 5.41) is -0.0916. The summed E-state index contributed by atoms with van der Waals surface area (Å²) in [5.41, 5.74) is 1.02. The molecule has 0 N–H and O–H groups in total. The van der Waals surface area contributed by atoms with Crippen molar-refractivity contribution in [1.29, 1.82) is 0 Å². The van der Waals surface area contributed by atoms with Gasteiger partial charge in [0, 0.05) is 6.42 Å². The van der Waals surface area contributed by atoms with Crippen LogP contribution >= 0.6 is 11.6 Å². The zero-order chi connectivity index (χ0) is 10.4. The van der Waals surface area contributed by atoms with Crippen LogP contribution in [0.2, 0.25) is 0 Å². The quantitative estimate of drug-likeness (QED) is 0.554. The van der Waals surface area contributed by atoms with Gasteiger partial charge >= 0.3 is 0 Å². The first-order chi connectivity index (χ1) is 6.77. The maximum absolute atomic E-state index is 10.2. The average Bonchev–Trinajstić information content (AvgIpc) is 2.26. The molecule has 0 bridgehead atoms. The second-order valence-electron chi connectivity index (χ2n) is 2.98. The highest BCUT2D eigenvalue weighted by Crippen LogP contribution is 2.26. The zero-order valence-electron chi connectivity index (χ0n) is 8.07. The lowest BCUT2D eigenvalue weighted by Crippen LogP contribution is -1.91. The number of carbonyl (C=O) groups is 1. The minimum atomic E-state index is -0.0916. The highest BCUT2D eigenvalue weighted by atomic mass is 35.5. The van der Waals surface area contributed by atoms with Gasteiger partial charge in [-0.05, 0) is 24.1 Å². The number of rotatable bonds is 5. The summed E-state index contributed by atoms with van der Waals surface area (Å²) in [4.78, 5) is 10.2. The SMILES string of the molecule is COc1ccc(C(Cl)CCC=O)cc1. The second-order valence-corrected chi connectivity index (χ2v) is 3.51. The maximum atomic E-state index is 10.2. The molecule has 3 heteroatoms. The topological polar surface area (TPSA) is 26.3 Å². The molecule has 1 aromatic carbocycles. The summed E-state index contributed by atoms with van der Waals surface area (Å²) in [6, 6.07) is 7.57. The lowest BCUT2D eigenvalue weighted by atomic mass is 10.1. The number of halogens is 1. The minimum Gasteiger partial charge on any atom is -0.497 e. The molecule has 1 aromatic rings. The van der Waals surface area contributed by atoms with Crippen molar-refractivity contribution >= 4 is 17.9 Å². The Bertz CT molecular complexity index is 282. The van der Waals surface area contributed by atoms with Crippen molar-refractivity contribution in [1.82, 2.24) is 0 Å². The Morgan fingerprint density at radius 1 is 1.43 bits per heavy atom. The first kappa shape index (κ1) is 11.1. The van der Waals surface area contributed by atoms with Crippen molar-refractivity contribution in [2.45, 2.75) is 18.2 Å². The lowest BCUT2D eigenvalue weighted by molar-refractivity contribution is -0.107. The molecule has 0 saturated carbocycles. The van der Waals surface area contributed by atoms with E-state index < -0.39 is 0 Å². The number of alkyl halides is 1. The molecular formula is C11H13ClO2. The van der Waals surface area contributed by atoms with Gasteiger partial charge in [0.1, 0.15) is 12.0 Å². The number of hydrogen-bond acceptors (Lipinski definition) is 2. The van der Waals surface area contributed by atoms with Crippen molar-refractivity contribution < 1.29 is 9.53 Å². The lowest BCUT2D eigenvalue weighted by Gasteiger charge is -2.08. The number of ether oxygens (including phenoxy) is 1. The van der Waals surface area contributed by atoms with Gasteiger partial charge in [-0.25, -0.2) is 0 Å². The third-order valence-electron chi connectivity index (χ3n) is 2.02. The van der Waals surface area contributed by atoms with Crippen LogP contribution in [-0.2, 0) is 4.79 Å². The van der Waals surface area contributed by atoms with Gasteiger partial charge in [-0.3, -0.25) is 0 Å². The van der Waals surface area contributed by atoms with Crippen LogP contribution in [0.15, 0.2) is 24.3 Å². The zero-order valence-corrected chi connectivity index (χ0v) is 8.83. The fraction of sp³-hybridized carbons (Fsp3) is 0.364. The van der Waals surface area contributed by atoms with Crippen LogP contribution in [-0.4, -0.2) is 13.4 Å². The predicted molar refractivity (Wildman–Crippen MR) is 56.9 cm³/mol. The van der Waals surface area contributed by atoms with Gasteiger partial charge < -0.3 is 9.53 Å². The summed E-state index contributed by atoms with van der Waals surface area (Å²) in [6.07, 6.45) is 2.07. The molecule has 0 heterocycles. The Hall–Kier alpha value is -1.02. The molecular weight excluding hydrogens is 200 g/mol. The molecule has 0 saturated heterocycles. The van der Waals surface area contributed by atoms with E-state index in [9.17, 15) is 4.79 Å². The highest BCUT2D eigenvalue weighted by molar-refractivity contribution is 6.20. The molecule has 0 aliphatic rings. The Morgan fingerprint density at radius 3 is 2.57 bits per heavy atom. The Balaban J connectivity index is 2.61. The van der Waals surface area contributed by atoms with Crippen molar-refractivity contribution in [2.24, 2.45) is 0 Å². The molecule has 0 aliphatic carbocycles. The van der Waals surface area contributed by atoms with E-state index in [1.54, 1.807) is 7.11 Å². The minimum absolute atomic E-state index is 0.0916. The van der Waals surface area contributed by atoms with E-state index in [0.717, 1.165) is 17.6 Å². The third-order valence-corrected chi connectivity index (χ3v) is 2.49. The fourth-order valence-corrected chi connectivity index (χ4v) is 1.47. The van der Waals surface area contributed by atoms with Crippen LogP contribution in [0, 0.1) is 0 Å². The van der Waals surface area contributed by atoms with Crippen LogP contribution in [0.5, 0.6) is 5.75 Å². The van der Waals surface area contributed by atoms with Gasteiger partial charge in [0.05, 0.1) is 12.5 Å². The molecule has 1 rings (SSSR count). The molecule has 0 fully saturated rings. The molecule has 14 heavy (non-hydrogen) atoms. The molecule has 76 valence electrons. The van der Waals surface area contributed by atoms with Crippen LogP contribution in [0.1, 0.15) is 23.8 Å². The van der Waals surface area contributed by atoms with Crippen LogP contribution < -0.4 is 4.74 Å². The predicted octanol–water partition coefficient (Wildman–Crippen LogP) is 2.95. The first-order valence-electron chi connectivity index (χ1n) is 4.49. The van der Waals surface area contributed by atoms with E-state index in [0.29, 0.717) is 12.8 Å². The summed E-state index contributed by atoms with van der Waals surface area (Å²) < 4.78 is 5.03. The number of hydrogen-bond donors (Lipinski definition) is 0. The number of methoxy groups -OCH3 is 1. The van der Waals surface area contributed by atoms with Gasteiger partial charge in [-0.2, -0.15) is 0 Å². The standard InChI is InChI=1S/C11H13ClO2/c1-14-10-6-4-9(5-7-10)11(12)3-2-8-13/h4-8,11H,2-3H2,1H3. The maximum Gasteiger partial charge on any atom is 0.120 e. The normalized spacial score (nSPS) is 12.1. The van der Waals surface area contributed by atoms with E-state index >= 15 is 0 Å². The molecule has 0 aromatic heterocycles. The smallest absolute Gasteiger partial charge is 0.120 e. The first-order valence-corrected chi connectivity index (χ1v) is 4.93. The average molecular weight is 213 g/mol. The summed E-state index contributed by atoms with van der Waals surface area (Å²) >= 11 is 6.08. The van der Waals surface area contributed by atoms with Gasteiger partial charge in [0.2, 0.25) is 0 Å². The second kappa shape index (κ2) is 5.66. The van der Waals surface area contributed by atoms with Crippen molar-refractivity contribution in [3.05, 3.63) is 29.8 Å². The fourth-order valence-electron chi connectivity index (χ4n) is 1.19. The largest absolute Gasteiger partial charge is 0.497 e. The van der Waals surface area contributed by atoms with Crippen LogP contribution in [0.25, 0.3) is 0 Å². The van der Waals surface area contributed by atoms with Crippen LogP contribution in [0.4, 0.5) is 0 Å². The third kappa shape index (κ3) is 3.04. The summed E-state index contributed by atoms with van der Waals surface area (Å²) in [7, 11) is 1.62. The van der Waals surface area contributed by atoms with Crippen LogP contribution in [0.3, 0.4) is 0 Å². The molecule has 1 atom stereocenters. The Labute approximate surface area is 88.8 Å². The number of aldehydes is 1. The van der Waals surface area contributed by atoms with Gasteiger partial charge in [-0.1, -0.05) is 12.1 Å². The van der Waals surface area contributed by atoms with E-state index in [-0.39, 0.29) is 5.38 Å². The van der Waals surface area contributed by atoms with E-state index in [1.165, 1.54) is 0 Å². The molecule has 0 spiro atoms. The molecule has 2 nitrogen and oxygen atoms in total. The van der Waals surface area contributed by atoms with E-state index in [1.807, 2.05) is 24.3 Å². The van der Waals surface area contributed by atoms with Gasteiger partial charge in [0.15, 0.2) is 0 Å².